The third kappa shape index (κ3) is 2.76. The summed E-state index contributed by atoms with van der Waals surface area (Å²) in [6.45, 7) is 3.24. The first-order valence-corrected chi connectivity index (χ1v) is 6.04. The number of nitrogens with one attached hydrogen (secondary N) is 1. The van der Waals surface area contributed by atoms with Crippen molar-refractivity contribution in [2.24, 2.45) is 0 Å². The largest absolute Gasteiger partial charge is 0.478 e. The Labute approximate surface area is 107 Å². The fourth-order valence-electron chi connectivity index (χ4n) is 1.75. The molecule has 1 atom stereocenters. The Bertz CT molecular complexity index is 444. The summed E-state index contributed by atoms with van der Waals surface area (Å²) in [7, 11) is 0. The number of rotatable bonds is 3. The van der Waals surface area contributed by atoms with Gasteiger partial charge in [0, 0.05) is 17.3 Å². The van der Waals surface area contributed by atoms with Gasteiger partial charge in [-0.15, -0.1) is 0 Å². The van der Waals surface area contributed by atoms with E-state index < -0.39 is 5.97 Å². The standard InChI is InChI=1S/C11H13BrN2O3/c1-11(2-3-17-6-11)14-9-8(10(15)16)4-7(12)5-13-9/h4-5H,2-3,6H2,1H3,(H,13,14)(H,15,16). The number of ether oxygens (including phenoxy) is 1. The average Bonchev–Trinajstić information content (AvgIpc) is 2.67. The van der Waals surface area contributed by atoms with Crippen LogP contribution in [0.2, 0.25) is 0 Å². The van der Waals surface area contributed by atoms with E-state index in [1.165, 1.54) is 6.07 Å². The van der Waals surface area contributed by atoms with Crippen LogP contribution in [-0.2, 0) is 4.74 Å². The van der Waals surface area contributed by atoms with Crippen LogP contribution in [-0.4, -0.2) is 34.8 Å². The minimum absolute atomic E-state index is 0.160. The van der Waals surface area contributed by atoms with Crippen LogP contribution >= 0.6 is 15.9 Å². The topological polar surface area (TPSA) is 71.5 Å². The number of carboxylic acids is 1. The highest BCUT2D eigenvalue weighted by Crippen LogP contribution is 2.26. The molecular weight excluding hydrogens is 288 g/mol. The molecule has 17 heavy (non-hydrogen) atoms. The van der Waals surface area contributed by atoms with Crippen molar-refractivity contribution in [2.45, 2.75) is 18.9 Å². The van der Waals surface area contributed by atoms with Crippen molar-refractivity contribution in [3.8, 4) is 0 Å². The number of aromatic nitrogens is 1. The summed E-state index contributed by atoms with van der Waals surface area (Å²) in [5.41, 5.74) is -0.0853. The molecule has 1 fully saturated rings. The van der Waals surface area contributed by atoms with E-state index in [0.717, 1.165) is 6.42 Å². The van der Waals surface area contributed by atoms with Gasteiger partial charge in [-0.3, -0.25) is 0 Å². The van der Waals surface area contributed by atoms with Gasteiger partial charge in [0.15, 0.2) is 0 Å². The second-order valence-electron chi connectivity index (χ2n) is 4.34. The molecular formula is C11H13BrN2O3. The quantitative estimate of drug-likeness (QED) is 0.895. The molecule has 0 amide bonds. The zero-order valence-electron chi connectivity index (χ0n) is 9.36. The molecule has 0 aliphatic carbocycles. The summed E-state index contributed by atoms with van der Waals surface area (Å²) >= 11 is 3.21. The van der Waals surface area contributed by atoms with Crippen LogP contribution in [0.5, 0.6) is 0 Å². The maximum Gasteiger partial charge on any atom is 0.339 e. The third-order valence-electron chi connectivity index (χ3n) is 2.72. The monoisotopic (exact) mass is 300 g/mol. The van der Waals surface area contributed by atoms with Crippen LogP contribution in [0.1, 0.15) is 23.7 Å². The molecule has 1 saturated heterocycles. The second-order valence-corrected chi connectivity index (χ2v) is 5.26. The summed E-state index contributed by atoms with van der Waals surface area (Å²) in [6, 6.07) is 1.54. The summed E-state index contributed by atoms with van der Waals surface area (Å²) in [5, 5.41) is 12.3. The number of nitrogens with zero attached hydrogens (tertiary/aromatic N) is 1. The van der Waals surface area contributed by atoms with Crippen molar-refractivity contribution in [1.29, 1.82) is 0 Å². The number of carboxylic acid groups (broad SMARTS) is 1. The highest BCUT2D eigenvalue weighted by atomic mass is 79.9. The third-order valence-corrected chi connectivity index (χ3v) is 3.16. The van der Waals surface area contributed by atoms with Crippen LogP contribution in [0.4, 0.5) is 5.82 Å². The van der Waals surface area contributed by atoms with Crippen molar-refractivity contribution in [1.82, 2.24) is 4.98 Å². The molecule has 6 heteroatoms. The highest BCUT2D eigenvalue weighted by Gasteiger charge is 2.31. The lowest BCUT2D eigenvalue weighted by molar-refractivity contribution is 0.0697. The van der Waals surface area contributed by atoms with Crippen molar-refractivity contribution in [3.05, 3.63) is 22.3 Å². The number of halogens is 1. The molecule has 1 unspecified atom stereocenters. The molecule has 2 N–H and O–H groups in total. The van der Waals surface area contributed by atoms with E-state index in [9.17, 15) is 4.79 Å². The van der Waals surface area contributed by atoms with E-state index in [-0.39, 0.29) is 11.1 Å². The van der Waals surface area contributed by atoms with Gasteiger partial charge >= 0.3 is 5.97 Å². The number of hydrogen-bond acceptors (Lipinski definition) is 4. The molecule has 0 bridgehead atoms. The summed E-state index contributed by atoms with van der Waals surface area (Å²) in [6.07, 6.45) is 2.41. The molecule has 2 heterocycles. The average molecular weight is 301 g/mol. The Kier molecular flexibility index (Phi) is 3.35. The minimum Gasteiger partial charge on any atom is -0.478 e. The molecule has 0 aromatic carbocycles. The van der Waals surface area contributed by atoms with E-state index >= 15 is 0 Å². The number of pyridine rings is 1. The first-order valence-electron chi connectivity index (χ1n) is 5.25. The molecule has 1 aromatic rings. The van der Waals surface area contributed by atoms with E-state index in [2.05, 4.69) is 26.2 Å². The van der Waals surface area contributed by atoms with Crippen LogP contribution in [0, 0.1) is 0 Å². The molecule has 0 saturated carbocycles. The normalized spacial score (nSPS) is 23.6. The summed E-state index contributed by atoms with van der Waals surface area (Å²) in [5.74, 6) is -0.613. The van der Waals surface area contributed by atoms with Gasteiger partial charge in [0.25, 0.3) is 0 Å². The summed E-state index contributed by atoms with van der Waals surface area (Å²) in [4.78, 5) is 15.2. The number of hydrogen-bond donors (Lipinski definition) is 2. The maximum atomic E-state index is 11.1. The lowest BCUT2D eigenvalue weighted by atomic mass is 10.0. The first kappa shape index (κ1) is 12.3. The molecule has 92 valence electrons. The first-order chi connectivity index (χ1) is 8.00. The van der Waals surface area contributed by atoms with E-state index in [1.807, 2.05) is 6.92 Å². The fourth-order valence-corrected chi connectivity index (χ4v) is 2.08. The number of anilines is 1. The van der Waals surface area contributed by atoms with E-state index in [4.69, 9.17) is 9.84 Å². The second kappa shape index (κ2) is 4.62. The van der Waals surface area contributed by atoms with Gasteiger partial charge in [-0.1, -0.05) is 0 Å². The molecule has 1 aromatic heterocycles. The molecule has 5 nitrogen and oxygen atoms in total. The number of aromatic carboxylic acids is 1. The number of carbonyl (C=O) groups is 1. The fraction of sp³-hybridized carbons (Fsp3) is 0.455. The molecule has 2 rings (SSSR count). The van der Waals surface area contributed by atoms with Gasteiger partial charge < -0.3 is 15.2 Å². The van der Waals surface area contributed by atoms with Gasteiger partial charge in [-0.05, 0) is 35.3 Å². The predicted octanol–water partition coefficient (Wildman–Crippen LogP) is 2.13. The Morgan fingerprint density at radius 2 is 2.47 bits per heavy atom. The van der Waals surface area contributed by atoms with Gasteiger partial charge in [0.05, 0.1) is 12.1 Å². The smallest absolute Gasteiger partial charge is 0.339 e. The van der Waals surface area contributed by atoms with Crippen LogP contribution < -0.4 is 5.32 Å². The predicted molar refractivity (Wildman–Crippen MR) is 66.4 cm³/mol. The van der Waals surface area contributed by atoms with Crippen molar-refractivity contribution in [3.63, 3.8) is 0 Å². The Morgan fingerprint density at radius 3 is 3.06 bits per heavy atom. The van der Waals surface area contributed by atoms with Crippen LogP contribution in [0.15, 0.2) is 16.7 Å². The van der Waals surface area contributed by atoms with Crippen LogP contribution in [0.25, 0.3) is 0 Å². The Morgan fingerprint density at radius 1 is 1.71 bits per heavy atom. The Hall–Kier alpha value is -1.14. The van der Waals surface area contributed by atoms with Crippen molar-refractivity contribution in [2.75, 3.05) is 18.5 Å². The summed E-state index contributed by atoms with van der Waals surface area (Å²) < 4.78 is 5.96. The minimum atomic E-state index is -0.996. The van der Waals surface area contributed by atoms with Crippen molar-refractivity contribution >= 4 is 27.7 Å². The molecule has 0 spiro atoms. The Balaban J connectivity index is 2.28. The molecule has 1 aliphatic heterocycles. The zero-order valence-corrected chi connectivity index (χ0v) is 11.0. The molecule has 1 aliphatic rings. The van der Waals surface area contributed by atoms with Gasteiger partial charge in [0.1, 0.15) is 11.4 Å². The lowest BCUT2D eigenvalue weighted by Crippen LogP contribution is -2.36. The van der Waals surface area contributed by atoms with Crippen LogP contribution in [0.3, 0.4) is 0 Å². The maximum absolute atomic E-state index is 11.1. The van der Waals surface area contributed by atoms with E-state index in [0.29, 0.717) is 23.5 Å². The van der Waals surface area contributed by atoms with Crippen molar-refractivity contribution < 1.29 is 14.6 Å². The van der Waals surface area contributed by atoms with Gasteiger partial charge in [0.2, 0.25) is 0 Å². The van der Waals surface area contributed by atoms with Gasteiger partial charge in [-0.25, -0.2) is 9.78 Å². The van der Waals surface area contributed by atoms with Gasteiger partial charge in [-0.2, -0.15) is 0 Å². The SMILES string of the molecule is CC1(Nc2ncc(Br)cc2C(=O)O)CCOC1. The van der Waals surface area contributed by atoms with E-state index in [1.54, 1.807) is 6.20 Å². The zero-order chi connectivity index (χ0) is 12.5. The highest BCUT2D eigenvalue weighted by molar-refractivity contribution is 9.10. The lowest BCUT2D eigenvalue weighted by Gasteiger charge is -2.25. The molecule has 0 radical (unpaired) electrons.